The Labute approximate surface area is 168 Å². The molecular formula is C22H22FN3O3. The number of ether oxygens (including phenoxy) is 1. The number of imide groups is 1. The minimum absolute atomic E-state index is 0.308. The number of carbonyl (C=O) groups excluding carboxylic acids is 2. The van der Waals surface area contributed by atoms with E-state index in [1.165, 1.54) is 24.1 Å². The predicted molar refractivity (Wildman–Crippen MR) is 108 cm³/mol. The van der Waals surface area contributed by atoms with Crippen LogP contribution >= 0.6 is 0 Å². The standard InChI is InChI=1S/C22H22FN3O3/c1-24-10-12-25(13-11-24)20-19(15-6-8-16(23)9-7-15)21(27)26(22(20)28)17-4-3-5-18(14-17)29-2/h3-9,14H,10-13H2,1-2H3. The molecule has 0 spiro atoms. The lowest BCUT2D eigenvalue weighted by Gasteiger charge is -2.34. The average Bonchev–Trinajstić information content (AvgIpc) is 2.99. The molecule has 0 N–H and O–H groups in total. The smallest absolute Gasteiger partial charge is 0.282 e. The second-order valence-electron chi connectivity index (χ2n) is 7.17. The van der Waals surface area contributed by atoms with Crippen molar-refractivity contribution < 1.29 is 18.7 Å². The van der Waals surface area contributed by atoms with E-state index in [-0.39, 0.29) is 5.91 Å². The Morgan fingerprint density at radius 3 is 2.28 bits per heavy atom. The molecule has 2 aromatic rings. The van der Waals surface area contributed by atoms with Gasteiger partial charge in [-0.25, -0.2) is 9.29 Å². The number of likely N-dealkylation sites (N-methyl/N-ethyl adjacent to an activating group) is 1. The minimum Gasteiger partial charge on any atom is -0.497 e. The molecule has 2 aromatic carbocycles. The summed E-state index contributed by atoms with van der Waals surface area (Å²) in [5.74, 6) is -0.618. The van der Waals surface area contributed by atoms with Gasteiger partial charge in [-0.15, -0.1) is 0 Å². The number of hydrogen-bond donors (Lipinski definition) is 0. The van der Waals surface area contributed by atoms with Gasteiger partial charge < -0.3 is 14.5 Å². The van der Waals surface area contributed by atoms with Gasteiger partial charge in [0.25, 0.3) is 11.8 Å². The van der Waals surface area contributed by atoms with E-state index in [4.69, 9.17) is 4.74 Å². The highest BCUT2D eigenvalue weighted by Gasteiger charge is 2.43. The van der Waals surface area contributed by atoms with Crippen LogP contribution in [-0.2, 0) is 9.59 Å². The van der Waals surface area contributed by atoms with Crippen LogP contribution in [0, 0.1) is 5.82 Å². The fraction of sp³-hybridized carbons (Fsp3) is 0.273. The minimum atomic E-state index is -0.413. The van der Waals surface area contributed by atoms with Crippen molar-refractivity contribution in [2.24, 2.45) is 0 Å². The number of hydrogen-bond acceptors (Lipinski definition) is 5. The van der Waals surface area contributed by atoms with Crippen LogP contribution in [0.5, 0.6) is 5.75 Å². The van der Waals surface area contributed by atoms with Gasteiger partial charge in [0, 0.05) is 32.2 Å². The van der Waals surface area contributed by atoms with E-state index in [1.807, 2.05) is 11.9 Å². The number of carbonyl (C=O) groups is 2. The van der Waals surface area contributed by atoms with Crippen molar-refractivity contribution >= 4 is 23.1 Å². The zero-order valence-corrected chi connectivity index (χ0v) is 16.4. The molecule has 4 rings (SSSR count). The molecule has 1 saturated heterocycles. The van der Waals surface area contributed by atoms with Crippen molar-refractivity contribution in [3.05, 3.63) is 65.6 Å². The number of nitrogens with zero attached hydrogens (tertiary/aromatic N) is 3. The molecule has 0 bridgehead atoms. The second-order valence-corrected chi connectivity index (χ2v) is 7.17. The van der Waals surface area contributed by atoms with Crippen molar-refractivity contribution in [3.63, 3.8) is 0 Å². The number of rotatable bonds is 4. The van der Waals surface area contributed by atoms with E-state index < -0.39 is 11.7 Å². The number of anilines is 1. The molecule has 2 heterocycles. The Bertz CT molecular complexity index is 979. The van der Waals surface area contributed by atoms with Gasteiger partial charge in [0.2, 0.25) is 0 Å². The van der Waals surface area contributed by atoms with E-state index in [1.54, 1.807) is 36.4 Å². The number of amides is 2. The molecule has 2 aliphatic heterocycles. The first-order valence-electron chi connectivity index (χ1n) is 9.46. The second kappa shape index (κ2) is 7.67. The molecule has 2 aliphatic rings. The number of methoxy groups -OCH3 is 1. The van der Waals surface area contributed by atoms with Crippen LogP contribution in [-0.4, -0.2) is 62.0 Å². The Kier molecular flexibility index (Phi) is 5.07. The summed E-state index contributed by atoms with van der Waals surface area (Å²) < 4.78 is 18.7. The molecule has 2 amide bonds. The van der Waals surface area contributed by atoms with Crippen LogP contribution in [0.25, 0.3) is 5.57 Å². The topological polar surface area (TPSA) is 53.1 Å². The molecular weight excluding hydrogens is 373 g/mol. The highest BCUT2D eigenvalue weighted by molar-refractivity contribution is 6.45. The lowest BCUT2D eigenvalue weighted by Crippen LogP contribution is -2.46. The number of benzene rings is 2. The van der Waals surface area contributed by atoms with E-state index in [9.17, 15) is 14.0 Å². The summed E-state index contributed by atoms with van der Waals surface area (Å²) >= 11 is 0. The summed E-state index contributed by atoms with van der Waals surface area (Å²) in [6.45, 7) is 2.87. The van der Waals surface area contributed by atoms with Crippen molar-refractivity contribution in [1.29, 1.82) is 0 Å². The molecule has 29 heavy (non-hydrogen) atoms. The quantitative estimate of drug-likeness (QED) is 0.744. The van der Waals surface area contributed by atoms with Gasteiger partial charge in [-0.3, -0.25) is 9.59 Å². The van der Waals surface area contributed by atoms with E-state index in [0.717, 1.165) is 13.1 Å². The van der Waals surface area contributed by atoms with Gasteiger partial charge in [0.15, 0.2) is 0 Å². The Morgan fingerprint density at radius 1 is 0.931 bits per heavy atom. The molecule has 0 radical (unpaired) electrons. The Hall–Kier alpha value is -3.19. The molecule has 0 aliphatic carbocycles. The molecule has 1 fully saturated rings. The maximum Gasteiger partial charge on any atom is 0.282 e. The number of piperazine rings is 1. The third-order valence-electron chi connectivity index (χ3n) is 5.32. The summed E-state index contributed by atoms with van der Waals surface area (Å²) in [6.07, 6.45) is 0. The Balaban J connectivity index is 1.80. The van der Waals surface area contributed by atoms with Crippen molar-refractivity contribution in [2.45, 2.75) is 0 Å². The van der Waals surface area contributed by atoms with Gasteiger partial charge in [0.1, 0.15) is 17.3 Å². The van der Waals surface area contributed by atoms with Crippen LogP contribution < -0.4 is 9.64 Å². The van der Waals surface area contributed by atoms with Gasteiger partial charge in [-0.2, -0.15) is 0 Å². The van der Waals surface area contributed by atoms with Crippen molar-refractivity contribution in [2.75, 3.05) is 45.2 Å². The molecule has 0 unspecified atom stereocenters. The summed E-state index contributed by atoms with van der Waals surface area (Å²) in [5, 5.41) is 0. The largest absolute Gasteiger partial charge is 0.497 e. The van der Waals surface area contributed by atoms with Gasteiger partial charge >= 0.3 is 0 Å². The highest BCUT2D eigenvalue weighted by Crippen LogP contribution is 2.36. The molecule has 150 valence electrons. The zero-order chi connectivity index (χ0) is 20.5. The highest BCUT2D eigenvalue weighted by atomic mass is 19.1. The normalized spacial score (nSPS) is 18.0. The van der Waals surface area contributed by atoms with Crippen molar-refractivity contribution in [3.8, 4) is 5.75 Å². The fourth-order valence-electron chi connectivity index (χ4n) is 3.70. The Morgan fingerprint density at radius 2 is 1.62 bits per heavy atom. The van der Waals surface area contributed by atoms with Crippen LogP contribution in [0.15, 0.2) is 54.2 Å². The van der Waals surface area contributed by atoms with E-state index in [0.29, 0.717) is 41.4 Å². The fourth-order valence-corrected chi connectivity index (χ4v) is 3.70. The summed E-state index contributed by atoms with van der Waals surface area (Å²) in [5.41, 5.74) is 1.66. The van der Waals surface area contributed by atoms with Crippen LogP contribution in [0.1, 0.15) is 5.56 Å². The summed E-state index contributed by atoms with van der Waals surface area (Å²) in [7, 11) is 3.56. The van der Waals surface area contributed by atoms with Gasteiger partial charge in [0.05, 0.1) is 18.4 Å². The summed E-state index contributed by atoms with van der Waals surface area (Å²) in [4.78, 5) is 32.1. The third-order valence-corrected chi connectivity index (χ3v) is 5.32. The van der Waals surface area contributed by atoms with Crippen molar-refractivity contribution in [1.82, 2.24) is 9.80 Å². The van der Waals surface area contributed by atoms with E-state index >= 15 is 0 Å². The average molecular weight is 395 g/mol. The van der Waals surface area contributed by atoms with Gasteiger partial charge in [-0.05, 0) is 36.9 Å². The molecule has 6 nitrogen and oxygen atoms in total. The number of halogens is 1. The lowest BCUT2D eigenvalue weighted by molar-refractivity contribution is -0.120. The SMILES string of the molecule is COc1cccc(N2C(=O)C(c3ccc(F)cc3)=C(N3CCN(C)CC3)C2=O)c1. The maximum atomic E-state index is 13.5. The molecule has 0 aromatic heterocycles. The zero-order valence-electron chi connectivity index (χ0n) is 16.4. The van der Waals surface area contributed by atoms with Crippen LogP contribution in [0.4, 0.5) is 10.1 Å². The van der Waals surface area contributed by atoms with Crippen LogP contribution in [0.3, 0.4) is 0 Å². The monoisotopic (exact) mass is 395 g/mol. The first-order valence-corrected chi connectivity index (χ1v) is 9.46. The predicted octanol–water partition coefficient (Wildman–Crippen LogP) is 2.37. The molecule has 0 atom stereocenters. The molecule has 0 saturated carbocycles. The lowest BCUT2D eigenvalue weighted by atomic mass is 10.0. The third kappa shape index (κ3) is 3.49. The maximum absolute atomic E-state index is 13.5. The first kappa shape index (κ1) is 19.1. The van der Waals surface area contributed by atoms with Crippen LogP contribution in [0.2, 0.25) is 0 Å². The molecule has 7 heteroatoms. The summed E-state index contributed by atoms with van der Waals surface area (Å²) in [6, 6.07) is 12.5. The van der Waals surface area contributed by atoms with E-state index in [2.05, 4.69) is 4.90 Å². The first-order chi connectivity index (χ1) is 14.0. The van der Waals surface area contributed by atoms with Gasteiger partial charge in [-0.1, -0.05) is 18.2 Å².